The van der Waals surface area contributed by atoms with Crippen LogP contribution >= 0.6 is 0 Å². The minimum Gasteiger partial charge on any atom is -0.496 e. The molecule has 1 amide bonds. The number of aliphatic carboxylic acids is 1. The number of hydrogen-bond donors (Lipinski definition) is 1. The topological polar surface area (TPSA) is 66.8 Å². The van der Waals surface area contributed by atoms with E-state index in [-0.39, 0.29) is 12.5 Å². The summed E-state index contributed by atoms with van der Waals surface area (Å²) in [6.07, 6.45) is 1.34. The number of carbonyl (C=O) groups excluding carboxylic acids is 1. The Kier molecular flexibility index (Phi) is 5.06. The van der Waals surface area contributed by atoms with E-state index in [0.29, 0.717) is 30.2 Å². The summed E-state index contributed by atoms with van der Waals surface area (Å²) in [5.74, 6) is -0.611. The minimum atomic E-state index is -0.833. The Labute approximate surface area is 130 Å². The van der Waals surface area contributed by atoms with Crippen molar-refractivity contribution < 1.29 is 19.4 Å². The van der Waals surface area contributed by atoms with Crippen LogP contribution in [0.3, 0.4) is 0 Å². The quantitative estimate of drug-likeness (QED) is 0.929. The molecule has 5 heteroatoms. The molecule has 1 heterocycles. The third kappa shape index (κ3) is 3.40. The largest absolute Gasteiger partial charge is 0.496 e. The summed E-state index contributed by atoms with van der Waals surface area (Å²) in [6.45, 7) is 5.00. The summed E-state index contributed by atoms with van der Waals surface area (Å²) in [5, 5.41) is 9.16. The number of nitrogens with zero attached hydrogens (tertiary/aromatic N) is 1. The summed E-state index contributed by atoms with van der Waals surface area (Å²) in [5.41, 5.74) is 1.58. The first-order valence-electron chi connectivity index (χ1n) is 7.64. The van der Waals surface area contributed by atoms with Crippen LogP contribution in [0, 0.1) is 5.92 Å². The van der Waals surface area contributed by atoms with Crippen molar-refractivity contribution in [1.29, 1.82) is 0 Å². The standard InChI is InChI=1S/C17H23NO4/c1-11(2)12-6-7-15(22-3)14(9-12)16(19)18-8-4-5-13(10-18)17(20)21/h6-7,9,11,13H,4-5,8,10H2,1-3H3,(H,20,21). The van der Waals surface area contributed by atoms with Crippen molar-refractivity contribution in [1.82, 2.24) is 4.90 Å². The average Bonchev–Trinajstić information content (AvgIpc) is 2.53. The fourth-order valence-corrected chi connectivity index (χ4v) is 2.79. The molecular weight excluding hydrogens is 282 g/mol. The Morgan fingerprint density at radius 3 is 2.68 bits per heavy atom. The Morgan fingerprint density at radius 1 is 1.36 bits per heavy atom. The molecule has 0 spiro atoms. The Balaban J connectivity index is 2.27. The average molecular weight is 305 g/mol. The molecule has 5 nitrogen and oxygen atoms in total. The summed E-state index contributed by atoms with van der Waals surface area (Å²) >= 11 is 0. The number of carbonyl (C=O) groups is 2. The molecule has 1 aliphatic rings. The molecular formula is C17H23NO4. The van der Waals surface area contributed by atoms with Gasteiger partial charge in [0.1, 0.15) is 5.75 Å². The van der Waals surface area contributed by atoms with Crippen LogP contribution in [0.5, 0.6) is 5.75 Å². The molecule has 1 N–H and O–H groups in total. The summed E-state index contributed by atoms with van der Waals surface area (Å²) in [6, 6.07) is 5.62. The molecule has 1 aromatic rings. The summed E-state index contributed by atoms with van der Waals surface area (Å²) in [4.78, 5) is 25.6. The molecule has 0 bridgehead atoms. The zero-order chi connectivity index (χ0) is 16.3. The van der Waals surface area contributed by atoms with Crippen LogP contribution in [0.2, 0.25) is 0 Å². The third-order valence-electron chi connectivity index (χ3n) is 4.18. The predicted octanol–water partition coefficient (Wildman–Crippen LogP) is 2.76. The van der Waals surface area contributed by atoms with Gasteiger partial charge in [-0.05, 0) is 36.5 Å². The molecule has 1 atom stereocenters. The lowest BCUT2D eigenvalue weighted by molar-refractivity contribution is -0.143. The number of carboxylic acids is 1. The first-order chi connectivity index (χ1) is 10.4. The van der Waals surface area contributed by atoms with Crippen molar-refractivity contribution in [2.45, 2.75) is 32.6 Å². The maximum atomic E-state index is 12.8. The Hall–Kier alpha value is -2.04. The van der Waals surface area contributed by atoms with Gasteiger partial charge in [0.25, 0.3) is 5.91 Å². The number of methoxy groups -OCH3 is 1. The number of likely N-dealkylation sites (tertiary alicyclic amines) is 1. The molecule has 120 valence electrons. The normalized spacial score (nSPS) is 18.4. The van der Waals surface area contributed by atoms with Crippen LogP contribution in [0.25, 0.3) is 0 Å². The van der Waals surface area contributed by atoms with Crippen molar-refractivity contribution in [2.75, 3.05) is 20.2 Å². The number of amides is 1. The van der Waals surface area contributed by atoms with E-state index in [2.05, 4.69) is 13.8 Å². The third-order valence-corrected chi connectivity index (χ3v) is 4.18. The lowest BCUT2D eigenvalue weighted by Gasteiger charge is -2.31. The zero-order valence-electron chi connectivity index (χ0n) is 13.3. The summed E-state index contributed by atoms with van der Waals surface area (Å²) in [7, 11) is 1.54. The molecule has 22 heavy (non-hydrogen) atoms. The van der Waals surface area contributed by atoms with Gasteiger partial charge in [0.2, 0.25) is 0 Å². The number of piperidine rings is 1. The van der Waals surface area contributed by atoms with Gasteiger partial charge in [0.15, 0.2) is 0 Å². The van der Waals surface area contributed by atoms with Crippen LogP contribution in [-0.2, 0) is 4.79 Å². The van der Waals surface area contributed by atoms with E-state index in [4.69, 9.17) is 9.84 Å². The van der Waals surface area contributed by atoms with E-state index in [1.807, 2.05) is 12.1 Å². The Morgan fingerprint density at radius 2 is 2.09 bits per heavy atom. The van der Waals surface area contributed by atoms with Crippen molar-refractivity contribution in [2.24, 2.45) is 5.92 Å². The van der Waals surface area contributed by atoms with Gasteiger partial charge in [0.05, 0.1) is 18.6 Å². The fourth-order valence-electron chi connectivity index (χ4n) is 2.79. The number of carboxylic acid groups (broad SMARTS) is 1. The second-order valence-electron chi connectivity index (χ2n) is 6.04. The van der Waals surface area contributed by atoms with Crippen molar-refractivity contribution in [3.8, 4) is 5.75 Å². The van der Waals surface area contributed by atoms with E-state index >= 15 is 0 Å². The highest BCUT2D eigenvalue weighted by Gasteiger charge is 2.30. The molecule has 1 aliphatic heterocycles. The molecule has 1 saturated heterocycles. The van der Waals surface area contributed by atoms with Gasteiger partial charge < -0.3 is 14.7 Å². The highest BCUT2D eigenvalue weighted by atomic mass is 16.5. The van der Waals surface area contributed by atoms with Crippen molar-refractivity contribution in [3.05, 3.63) is 29.3 Å². The molecule has 0 aromatic heterocycles. The molecule has 1 aromatic carbocycles. The molecule has 0 saturated carbocycles. The molecule has 1 unspecified atom stereocenters. The first-order valence-corrected chi connectivity index (χ1v) is 7.64. The van der Waals surface area contributed by atoms with Crippen LogP contribution in [0.4, 0.5) is 0 Å². The van der Waals surface area contributed by atoms with Gasteiger partial charge in [-0.25, -0.2) is 0 Å². The lowest BCUT2D eigenvalue weighted by Crippen LogP contribution is -2.42. The minimum absolute atomic E-state index is 0.148. The first kappa shape index (κ1) is 16.3. The number of rotatable bonds is 4. The smallest absolute Gasteiger partial charge is 0.308 e. The van der Waals surface area contributed by atoms with Gasteiger partial charge in [-0.3, -0.25) is 9.59 Å². The van der Waals surface area contributed by atoms with Crippen LogP contribution in [0.15, 0.2) is 18.2 Å². The SMILES string of the molecule is COc1ccc(C(C)C)cc1C(=O)N1CCCC(C(=O)O)C1. The van der Waals surface area contributed by atoms with E-state index in [1.54, 1.807) is 11.0 Å². The number of hydrogen-bond acceptors (Lipinski definition) is 3. The Bertz CT molecular complexity index is 568. The highest BCUT2D eigenvalue weighted by Crippen LogP contribution is 2.27. The molecule has 0 radical (unpaired) electrons. The van der Waals surface area contributed by atoms with Gasteiger partial charge in [-0.1, -0.05) is 19.9 Å². The molecule has 2 rings (SSSR count). The fraction of sp³-hybridized carbons (Fsp3) is 0.529. The van der Waals surface area contributed by atoms with Crippen LogP contribution in [0.1, 0.15) is 48.5 Å². The maximum absolute atomic E-state index is 12.8. The number of benzene rings is 1. The summed E-state index contributed by atoms with van der Waals surface area (Å²) < 4.78 is 5.30. The zero-order valence-corrected chi connectivity index (χ0v) is 13.3. The lowest BCUT2D eigenvalue weighted by atomic mass is 9.96. The van der Waals surface area contributed by atoms with Gasteiger partial charge in [0, 0.05) is 13.1 Å². The van der Waals surface area contributed by atoms with Gasteiger partial charge in [-0.2, -0.15) is 0 Å². The van der Waals surface area contributed by atoms with Crippen LogP contribution < -0.4 is 4.74 Å². The second kappa shape index (κ2) is 6.81. The van der Waals surface area contributed by atoms with E-state index < -0.39 is 11.9 Å². The van der Waals surface area contributed by atoms with Crippen LogP contribution in [-0.4, -0.2) is 42.1 Å². The maximum Gasteiger partial charge on any atom is 0.308 e. The number of ether oxygens (including phenoxy) is 1. The van der Waals surface area contributed by atoms with E-state index in [0.717, 1.165) is 12.0 Å². The second-order valence-corrected chi connectivity index (χ2v) is 6.04. The monoisotopic (exact) mass is 305 g/mol. The molecule has 1 fully saturated rings. The van der Waals surface area contributed by atoms with Crippen molar-refractivity contribution >= 4 is 11.9 Å². The predicted molar refractivity (Wildman–Crippen MR) is 83.3 cm³/mol. The van der Waals surface area contributed by atoms with E-state index in [1.165, 1.54) is 7.11 Å². The van der Waals surface area contributed by atoms with Gasteiger partial charge >= 0.3 is 5.97 Å². The highest BCUT2D eigenvalue weighted by molar-refractivity contribution is 5.97. The van der Waals surface area contributed by atoms with Gasteiger partial charge in [-0.15, -0.1) is 0 Å². The molecule has 0 aliphatic carbocycles. The van der Waals surface area contributed by atoms with E-state index in [9.17, 15) is 9.59 Å². The van der Waals surface area contributed by atoms with Crippen molar-refractivity contribution in [3.63, 3.8) is 0 Å².